The van der Waals surface area contributed by atoms with Crippen molar-refractivity contribution in [3.8, 4) is 0 Å². The Bertz CT molecular complexity index is 459. The van der Waals surface area contributed by atoms with Crippen LogP contribution < -0.4 is 0 Å². The summed E-state index contributed by atoms with van der Waals surface area (Å²) in [5.74, 6) is 0.194. The Morgan fingerprint density at radius 3 is 2.52 bits per heavy atom. The van der Waals surface area contributed by atoms with Crippen LogP contribution in [-0.2, 0) is 10.2 Å². The van der Waals surface area contributed by atoms with E-state index < -0.39 is 5.41 Å². The zero-order valence-electron chi connectivity index (χ0n) is 13.1. The summed E-state index contributed by atoms with van der Waals surface area (Å²) >= 11 is 0. The number of nitrogens with zero attached hydrogens (tertiary/aromatic N) is 2. The lowest BCUT2D eigenvalue weighted by molar-refractivity contribution is -0.136. The minimum atomic E-state index is -0.493. The number of carbonyl (C=O) groups excluding carboxylic acids is 1. The van der Waals surface area contributed by atoms with Crippen molar-refractivity contribution in [2.24, 2.45) is 0 Å². The number of carbonyl (C=O) groups is 1. The molecule has 1 aromatic rings. The summed E-state index contributed by atoms with van der Waals surface area (Å²) in [5.41, 5.74) is 0.569. The van der Waals surface area contributed by atoms with Crippen molar-refractivity contribution in [2.45, 2.75) is 25.7 Å². The van der Waals surface area contributed by atoms with Gasteiger partial charge in [-0.1, -0.05) is 30.3 Å². The number of β-amino-alcohol motifs (C(OH)–C–C–N with tert-alkyl or cyclic N) is 1. The maximum Gasteiger partial charge on any atom is 0.232 e. The molecule has 1 aliphatic rings. The van der Waals surface area contributed by atoms with Crippen molar-refractivity contribution in [3.05, 3.63) is 35.9 Å². The van der Waals surface area contributed by atoms with Gasteiger partial charge in [0.15, 0.2) is 0 Å². The molecular formula is C17H26N2O2. The molecule has 2 rings (SSSR count). The van der Waals surface area contributed by atoms with E-state index in [4.69, 9.17) is 5.11 Å². The molecule has 1 heterocycles. The molecule has 0 saturated carbocycles. The molecule has 0 bridgehead atoms. The standard InChI is InChI=1S/C17H26N2O2/c1-17(2,15-7-4-3-5-8-15)16(21)19-10-6-9-18(11-12-19)13-14-20/h3-5,7-8,20H,6,9-14H2,1-2H3. The number of aliphatic hydroxyl groups is 1. The summed E-state index contributed by atoms with van der Waals surface area (Å²) in [7, 11) is 0. The molecule has 1 saturated heterocycles. The second-order valence-corrected chi connectivity index (χ2v) is 6.20. The number of amides is 1. The topological polar surface area (TPSA) is 43.8 Å². The van der Waals surface area contributed by atoms with Crippen LogP contribution in [0.1, 0.15) is 25.8 Å². The van der Waals surface area contributed by atoms with E-state index in [9.17, 15) is 4.79 Å². The summed E-state index contributed by atoms with van der Waals surface area (Å²) in [4.78, 5) is 17.1. The summed E-state index contributed by atoms with van der Waals surface area (Å²) in [6.45, 7) is 8.23. The van der Waals surface area contributed by atoms with E-state index in [0.29, 0.717) is 6.54 Å². The van der Waals surface area contributed by atoms with E-state index in [2.05, 4.69) is 4.90 Å². The van der Waals surface area contributed by atoms with Crippen LogP contribution in [-0.4, -0.2) is 60.1 Å². The Labute approximate surface area is 127 Å². The number of rotatable bonds is 4. The van der Waals surface area contributed by atoms with Crippen LogP contribution >= 0.6 is 0 Å². The molecule has 4 nitrogen and oxygen atoms in total. The van der Waals surface area contributed by atoms with Crippen LogP contribution in [0.3, 0.4) is 0 Å². The maximum absolute atomic E-state index is 12.9. The Morgan fingerprint density at radius 2 is 1.86 bits per heavy atom. The van der Waals surface area contributed by atoms with Gasteiger partial charge in [0.1, 0.15) is 0 Å². The molecule has 1 fully saturated rings. The predicted molar refractivity (Wildman–Crippen MR) is 84.2 cm³/mol. The highest BCUT2D eigenvalue weighted by atomic mass is 16.3. The molecular weight excluding hydrogens is 264 g/mol. The van der Waals surface area contributed by atoms with Crippen LogP contribution in [0, 0.1) is 0 Å². The van der Waals surface area contributed by atoms with Gasteiger partial charge in [-0.3, -0.25) is 9.69 Å². The molecule has 1 amide bonds. The highest BCUT2D eigenvalue weighted by Gasteiger charge is 2.34. The minimum absolute atomic E-state index is 0.184. The average Bonchev–Trinajstić information content (AvgIpc) is 2.73. The normalized spacial score (nSPS) is 17.6. The van der Waals surface area contributed by atoms with Crippen molar-refractivity contribution in [1.29, 1.82) is 0 Å². The van der Waals surface area contributed by atoms with Gasteiger partial charge in [0, 0.05) is 26.2 Å². The van der Waals surface area contributed by atoms with Crippen LogP contribution in [0.15, 0.2) is 30.3 Å². The Morgan fingerprint density at radius 1 is 1.14 bits per heavy atom. The summed E-state index contributed by atoms with van der Waals surface area (Å²) in [6, 6.07) is 9.98. The number of benzene rings is 1. The van der Waals surface area contributed by atoms with Gasteiger partial charge in [-0.2, -0.15) is 0 Å². The van der Waals surface area contributed by atoms with Gasteiger partial charge < -0.3 is 10.0 Å². The van der Waals surface area contributed by atoms with Crippen LogP contribution in [0.5, 0.6) is 0 Å². The first-order chi connectivity index (χ1) is 10.1. The molecule has 1 aromatic carbocycles. The van der Waals surface area contributed by atoms with Crippen molar-refractivity contribution >= 4 is 5.91 Å². The van der Waals surface area contributed by atoms with Gasteiger partial charge in [-0.15, -0.1) is 0 Å². The zero-order valence-corrected chi connectivity index (χ0v) is 13.1. The second-order valence-electron chi connectivity index (χ2n) is 6.20. The summed E-state index contributed by atoms with van der Waals surface area (Å²) in [6.07, 6.45) is 0.969. The third kappa shape index (κ3) is 3.83. The highest BCUT2D eigenvalue weighted by Crippen LogP contribution is 2.26. The van der Waals surface area contributed by atoms with Crippen molar-refractivity contribution in [2.75, 3.05) is 39.3 Å². The molecule has 1 aliphatic heterocycles. The lowest BCUT2D eigenvalue weighted by atomic mass is 9.83. The highest BCUT2D eigenvalue weighted by molar-refractivity contribution is 5.87. The molecule has 0 spiro atoms. The van der Waals surface area contributed by atoms with Crippen LogP contribution in [0.25, 0.3) is 0 Å². The molecule has 116 valence electrons. The number of hydrogen-bond donors (Lipinski definition) is 1. The first-order valence-corrected chi connectivity index (χ1v) is 7.74. The van der Waals surface area contributed by atoms with Gasteiger partial charge in [0.25, 0.3) is 0 Å². The van der Waals surface area contributed by atoms with E-state index in [1.54, 1.807) is 0 Å². The van der Waals surface area contributed by atoms with E-state index >= 15 is 0 Å². The molecule has 0 aromatic heterocycles. The smallest absolute Gasteiger partial charge is 0.232 e. The number of hydrogen-bond acceptors (Lipinski definition) is 3. The van der Waals surface area contributed by atoms with Crippen LogP contribution in [0.4, 0.5) is 0 Å². The third-order valence-corrected chi connectivity index (χ3v) is 4.32. The fraction of sp³-hybridized carbons (Fsp3) is 0.588. The Balaban J connectivity index is 2.05. The van der Waals surface area contributed by atoms with Gasteiger partial charge in [0.05, 0.1) is 12.0 Å². The monoisotopic (exact) mass is 290 g/mol. The van der Waals surface area contributed by atoms with E-state index in [1.807, 2.05) is 49.1 Å². The molecule has 1 N–H and O–H groups in total. The van der Waals surface area contributed by atoms with E-state index in [-0.39, 0.29) is 12.5 Å². The van der Waals surface area contributed by atoms with Gasteiger partial charge >= 0.3 is 0 Å². The molecule has 21 heavy (non-hydrogen) atoms. The Kier molecular flexibility index (Phi) is 5.37. The van der Waals surface area contributed by atoms with Gasteiger partial charge in [-0.25, -0.2) is 0 Å². The van der Waals surface area contributed by atoms with Crippen LogP contribution in [0.2, 0.25) is 0 Å². The zero-order chi connectivity index (χ0) is 15.3. The van der Waals surface area contributed by atoms with Gasteiger partial charge in [0.2, 0.25) is 5.91 Å². The minimum Gasteiger partial charge on any atom is -0.395 e. The molecule has 0 aliphatic carbocycles. The first-order valence-electron chi connectivity index (χ1n) is 7.74. The van der Waals surface area contributed by atoms with Gasteiger partial charge in [-0.05, 0) is 32.4 Å². The largest absolute Gasteiger partial charge is 0.395 e. The third-order valence-electron chi connectivity index (χ3n) is 4.32. The first kappa shape index (κ1) is 16.0. The van der Waals surface area contributed by atoms with E-state index in [0.717, 1.165) is 38.2 Å². The van der Waals surface area contributed by atoms with Crippen molar-refractivity contribution in [3.63, 3.8) is 0 Å². The average molecular weight is 290 g/mol. The summed E-state index contributed by atoms with van der Waals surface area (Å²) < 4.78 is 0. The summed E-state index contributed by atoms with van der Waals surface area (Å²) in [5, 5.41) is 9.04. The molecule has 4 heteroatoms. The Hall–Kier alpha value is -1.39. The predicted octanol–water partition coefficient (Wildman–Crippen LogP) is 1.49. The molecule has 0 atom stereocenters. The SMILES string of the molecule is CC(C)(C(=O)N1CCCN(CCO)CC1)c1ccccc1. The maximum atomic E-state index is 12.9. The fourth-order valence-corrected chi connectivity index (χ4v) is 2.91. The van der Waals surface area contributed by atoms with Crippen molar-refractivity contribution in [1.82, 2.24) is 9.80 Å². The lowest BCUT2D eigenvalue weighted by Crippen LogP contribution is -2.45. The molecule has 0 radical (unpaired) electrons. The second kappa shape index (κ2) is 7.05. The van der Waals surface area contributed by atoms with Crippen molar-refractivity contribution < 1.29 is 9.90 Å². The lowest BCUT2D eigenvalue weighted by Gasteiger charge is -2.31. The quantitative estimate of drug-likeness (QED) is 0.914. The number of aliphatic hydroxyl groups excluding tert-OH is 1. The fourth-order valence-electron chi connectivity index (χ4n) is 2.91. The van der Waals surface area contributed by atoms with E-state index in [1.165, 1.54) is 0 Å². The molecule has 0 unspecified atom stereocenters.